The second-order valence-corrected chi connectivity index (χ2v) is 7.18. The van der Waals surface area contributed by atoms with Crippen molar-refractivity contribution >= 4 is 11.9 Å². The largest absolute Gasteiger partial charge is 0.489 e. The number of ether oxygens (including phenoxy) is 2. The van der Waals surface area contributed by atoms with E-state index in [4.69, 9.17) is 14.0 Å². The minimum Gasteiger partial charge on any atom is -0.489 e. The van der Waals surface area contributed by atoms with Crippen molar-refractivity contribution in [1.82, 2.24) is 10.1 Å². The molecule has 1 aromatic carbocycles. The molecule has 0 N–H and O–H groups in total. The fraction of sp³-hybridized carbons (Fsp3) is 0.476. The van der Waals surface area contributed by atoms with Gasteiger partial charge in [0.25, 0.3) is 5.91 Å². The van der Waals surface area contributed by atoms with Crippen LogP contribution in [-0.4, -0.2) is 40.6 Å². The van der Waals surface area contributed by atoms with Crippen molar-refractivity contribution < 1.29 is 23.6 Å². The number of benzene rings is 1. The van der Waals surface area contributed by atoms with Gasteiger partial charge in [-0.3, -0.25) is 4.79 Å². The smallest absolute Gasteiger partial charge is 0.338 e. The molecule has 2 rings (SSSR count). The van der Waals surface area contributed by atoms with Gasteiger partial charge in [-0.1, -0.05) is 5.16 Å². The first-order valence-corrected chi connectivity index (χ1v) is 9.33. The van der Waals surface area contributed by atoms with E-state index in [1.165, 1.54) is 0 Å². The van der Waals surface area contributed by atoms with E-state index >= 15 is 0 Å². The summed E-state index contributed by atoms with van der Waals surface area (Å²) in [7, 11) is 0. The lowest BCUT2D eigenvalue weighted by Gasteiger charge is -2.30. The maximum absolute atomic E-state index is 12.3. The summed E-state index contributed by atoms with van der Waals surface area (Å²) in [6.45, 7) is 11.5. The number of aromatic nitrogens is 1. The fourth-order valence-electron chi connectivity index (χ4n) is 3.01. The number of carbonyl (C=O) groups excluding carboxylic acids is 2. The summed E-state index contributed by atoms with van der Waals surface area (Å²) >= 11 is 0. The molecule has 0 atom stereocenters. The number of hydrogen-bond donors (Lipinski definition) is 0. The summed E-state index contributed by atoms with van der Waals surface area (Å²) in [6.07, 6.45) is 0. The summed E-state index contributed by atoms with van der Waals surface area (Å²) < 4.78 is 16.0. The van der Waals surface area contributed by atoms with Crippen molar-refractivity contribution in [3.05, 3.63) is 46.8 Å². The molecule has 0 aliphatic rings. The first-order chi connectivity index (χ1) is 13.2. The van der Waals surface area contributed by atoms with E-state index in [0.717, 1.165) is 17.0 Å². The molecular weight excluding hydrogens is 360 g/mol. The number of aryl methyl sites for hydroxylation is 2. The van der Waals surface area contributed by atoms with E-state index in [9.17, 15) is 9.59 Å². The van der Waals surface area contributed by atoms with Crippen molar-refractivity contribution in [3.8, 4) is 5.75 Å². The molecule has 28 heavy (non-hydrogen) atoms. The second kappa shape index (κ2) is 9.39. The zero-order valence-corrected chi connectivity index (χ0v) is 17.3. The standard InChI is InChI=1S/C21H28N2O5/c1-13(2)23(14(3)4)20(24)12-27-21(25)17-7-9-18(10-8-17)26-11-19-15(5)22-28-16(19)6/h7-10,13-14H,11-12H2,1-6H3. The van der Waals surface area contributed by atoms with Gasteiger partial charge in [-0.2, -0.15) is 0 Å². The van der Waals surface area contributed by atoms with Crippen LogP contribution in [0.1, 0.15) is 55.1 Å². The van der Waals surface area contributed by atoms with Gasteiger partial charge in [0.1, 0.15) is 18.1 Å². The van der Waals surface area contributed by atoms with Crippen LogP contribution in [0.2, 0.25) is 0 Å². The molecule has 152 valence electrons. The summed E-state index contributed by atoms with van der Waals surface area (Å²) in [5, 5.41) is 3.89. The Balaban J connectivity index is 1.90. The van der Waals surface area contributed by atoms with Crippen LogP contribution in [0, 0.1) is 13.8 Å². The molecule has 0 aliphatic carbocycles. The van der Waals surface area contributed by atoms with Gasteiger partial charge in [0.15, 0.2) is 6.61 Å². The van der Waals surface area contributed by atoms with Crippen LogP contribution in [0.15, 0.2) is 28.8 Å². The highest BCUT2D eigenvalue weighted by atomic mass is 16.5. The third-order valence-electron chi connectivity index (χ3n) is 4.38. The minimum absolute atomic E-state index is 0.0420. The highest BCUT2D eigenvalue weighted by molar-refractivity contribution is 5.91. The van der Waals surface area contributed by atoms with Crippen LogP contribution in [0.25, 0.3) is 0 Å². The van der Waals surface area contributed by atoms with E-state index in [1.54, 1.807) is 29.2 Å². The van der Waals surface area contributed by atoms with Crippen LogP contribution in [0.3, 0.4) is 0 Å². The van der Waals surface area contributed by atoms with Crippen LogP contribution in [0.4, 0.5) is 0 Å². The number of carbonyl (C=O) groups is 2. The Morgan fingerprint density at radius 2 is 1.68 bits per heavy atom. The number of rotatable bonds is 8. The Bertz CT molecular complexity index is 781. The lowest BCUT2D eigenvalue weighted by Crippen LogP contribution is -2.44. The Morgan fingerprint density at radius 1 is 1.07 bits per heavy atom. The van der Waals surface area contributed by atoms with Crippen molar-refractivity contribution in [1.29, 1.82) is 0 Å². The molecule has 0 saturated carbocycles. The van der Waals surface area contributed by atoms with Crippen LogP contribution < -0.4 is 4.74 Å². The van der Waals surface area contributed by atoms with E-state index in [-0.39, 0.29) is 24.6 Å². The Hall–Kier alpha value is -2.83. The Labute approximate surface area is 165 Å². The molecule has 0 spiro atoms. The van der Waals surface area contributed by atoms with E-state index in [2.05, 4.69) is 5.16 Å². The number of esters is 1. The topological polar surface area (TPSA) is 81.9 Å². The van der Waals surface area contributed by atoms with Crippen LogP contribution in [-0.2, 0) is 16.1 Å². The molecule has 0 bridgehead atoms. The van der Waals surface area contributed by atoms with E-state index in [1.807, 2.05) is 41.5 Å². The fourth-order valence-corrected chi connectivity index (χ4v) is 3.01. The molecule has 7 nitrogen and oxygen atoms in total. The van der Waals surface area contributed by atoms with Gasteiger partial charge in [-0.15, -0.1) is 0 Å². The highest BCUT2D eigenvalue weighted by Gasteiger charge is 2.21. The lowest BCUT2D eigenvalue weighted by molar-refractivity contribution is -0.138. The molecule has 2 aromatic rings. The van der Waals surface area contributed by atoms with Gasteiger partial charge in [-0.25, -0.2) is 4.79 Å². The normalized spacial score (nSPS) is 11.0. The van der Waals surface area contributed by atoms with Crippen molar-refractivity contribution in [2.75, 3.05) is 6.61 Å². The maximum atomic E-state index is 12.3. The molecule has 0 aliphatic heterocycles. The molecule has 0 saturated heterocycles. The molecule has 1 aromatic heterocycles. The van der Waals surface area contributed by atoms with Crippen molar-refractivity contribution in [2.24, 2.45) is 0 Å². The molecule has 1 amide bonds. The first-order valence-electron chi connectivity index (χ1n) is 9.33. The van der Waals surface area contributed by atoms with Crippen molar-refractivity contribution in [2.45, 2.75) is 60.2 Å². The molecule has 0 fully saturated rings. The minimum atomic E-state index is -0.543. The number of hydrogen-bond acceptors (Lipinski definition) is 6. The molecule has 0 radical (unpaired) electrons. The average Bonchev–Trinajstić information content (AvgIpc) is 2.95. The monoisotopic (exact) mass is 388 g/mol. The highest BCUT2D eigenvalue weighted by Crippen LogP contribution is 2.18. The number of nitrogens with zero attached hydrogens (tertiary/aromatic N) is 2. The lowest BCUT2D eigenvalue weighted by atomic mass is 10.2. The van der Waals surface area contributed by atoms with Gasteiger partial charge >= 0.3 is 5.97 Å². The van der Waals surface area contributed by atoms with Gasteiger partial charge in [0, 0.05) is 12.1 Å². The summed E-state index contributed by atoms with van der Waals surface area (Å²) in [5.41, 5.74) is 2.05. The quantitative estimate of drug-likeness (QED) is 0.642. The van der Waals surface area contributed by atoms with E-state index < -0.39 is 5.97 Å². The molecule has 0 unspecified atom stereocenters. The number of amides is 1. The predicted octanol–water partition coefficient (Wildman–Crippen LogP) is 3.67. The Kier molecular flexibility index (Phi) is 7.20. The van der Waals surface area contributed by atoms with Gasteiger partial charge in [-0.05, 0) is 65.8 Å². The van der Waals surface area contributed by atoms with Crippen molar-refractivity contribution in [3.63, 3.8) is 0 Å². The van der Waals surface area contributed by atoms with Crippen LogP contribution in [0.5, 0.6) is 5.75 Å². The van der Waals surface area contributed by atoms with Gasteiger partial charge in [0.05, 0.1) is 16.8 Å². The summed E-state index contributed by atoms with van der Waals surface area (Å²) in [5.74, 6) is 0.577. The third-order valence-corrected chi connectivity index (χ3v) is 4.38. The SMILES string of the molecule is Cc1noc(C)c1COc1ccc(C(=O)OCC(=O)N(C(C)C)C(C)C)cc1. The third kappa shape index (κ3) is 5.34. The van der Waals surface area contributed by atoms with Crippen LogP contribution >= 0.6 is 0 Å². The van der Waals surface area contributed by atoms with E-state index in [0.29, 0.717) is 17.9 Å². The summed E-state index contributed by atoms with van der Waals surface area (Å²) in [6, 6.07) is 6.67. The first kappa shape index (κ1) is 21.5. The molecule has 1 heterocycles. The second-order valence-electron chi connectivity index (χ2n) is 7.18. The molecule has 7 heteroatoms. The van der Waals surface area contributed by atoms with Gasteiger partial charge < -0.3 is 18.9 Å². The summed E-state index contributed by atoms with van der Waals surface area (Å²) in [4.78, 5) is 26.2. The maximum Gasteiger partial charge on any atom is 0.338 e. The average molecular weight is 388 g/mol. The predicted molar refractivity (Wildman–Crippen MR) is 104 cm³/mol. The zero-order chi connectivity index (χ0) is 20.8. The molecular formula is C21H28N2O5. The van der Waals surface area contributed by atoms with Gasteiger partial charge in [0.2, 0.25) is 0 Å². The zero-order valence-electron chi connectivity index (χ0n) is 17.3. The Morgan fingerprint density at radius 3 is 2.18 bits per heavy atom.